The summed E-state index contributed by atoms with van der Waals surface area (Å²) in [7, 11) is 2.59. The average Bonchev–Trinajstić information content (AvgIpc) is 2.69. The lowest BCUT2D eigenvalue weighted by Crippen LogP contribution is -2.38. The van der Waals surface area contributed by atoms with Crippen LogP contribution in [0.5, 0.6) is 0 Å². The Kier molecular flexibility index (Phi) is 6.12. The van der Waals surface area contributed by atoms with Crippen LogP contribution in [0.2, 0.25) is 15.1 Å². The van der Waals surface area contributed by atoms with Crippen molar-refractivity contribution in [3.8, 4) is 5.69 Å². The highest BCUT2D eigenvalue weighted by atomic mass is 35.5. The SMILES string of the molecule is COC(=O)C(c1ccc(Cl)cc1)c1c(Cl)cc(-n2ncc(=O)n(C)c2=O)cc1Cl. The standard InChI is InChI=1S/C19H14Cl3N3O4/c1-24-15(26)9-23-25(19(24)28)12-7-13(21)17(14(22)8-12)16(18(27)29-2)10-3-5-11(20)6-4-10/h3-9,16H,1-2H3. The largest absolute Gasteiger partial charge is 0.468 e. The molecule has 0 aliphatic carbocycles. The predicted molar refractivity (Wildman–Crippen MR) is 110 cm³/mol. The first-order valence-corrected chi connectivity index (χ1v) is 9.36. The van der Waals surface area contributed by atoms with Gasteiger partial charge < -0.3 is 4.74 Å². The van der Waals surface area contributed by atoms with Gasteiger partial charge in [0.1, 0.15) is 12.1 Å². The Balaban J connectivity index is 2.19. The molecule has 2 aromatic carbocycles. The molecule has 1 unspecified atom stereocenters. The van der Waals surface area contributed by atoms with E-state index in [-0.39, 0.29) is 15.7 Å². The molecule has 1 atom stereocenters. The predicted octanol–water partition coefficient (Wildman–Crippen LogP) is 3.20. The number of rotatable bonds is 4. The van der Waals surface area contributed by atoms with E-state index >= 15 is 0 Å². The summed E-state index contributed by atoms with van der Waals surface area (Å²) in [5, 5.41) is 4.59. The van der Waals surface area contributed by atoms with Gasteiger partial charge in [-0.05, 0) is 29.8 Å². The number of carbonyl (C=O) groups excluding carboxylic acids is 1. The lowest BCUT2D eigenvalue weighted by atomic mass is 9.91. The van der Waals surface area contributed by atoms with Crippen LogP contribution in [0.1, 0.15) is 17.0 Å². The molecule has 0 saturated heterocycles. The van der Waals surface area contributed by atoms with Crippen molar-refractivity contribution in [2.75, 3.05) is 7.11 Å². The molecule has 0 aliphatic heterocycles. The van der Waals surface area contributed by atoms with Crippen LogP contribution in [0.25, 0.3) is 5.69 Å². The molecule has 1 heterocycles. The summed E-state index contributed by atoms with van der Waals surface area (Å²) < 4.78 is 6.81. The molecule has 3 aromatic rings. The quantitative estimate of drug-likeness (QED) is 0.565. The van der Waals surface area contributed by atoms with E-state index in [1.807, 2.05) is 0 Å². The number of carbonyl (C=O) groups is 1. The summed E-state index contributed by atoms with van der Waals surface area (Å²) in [6, 6.07) is 9.49. The van der Waals surface area contributed by atoms with Crippen molar-refractivity contribution in [3.05, 3.63) is 89.6 Å². The van der Waals surface area contributed by atoms with Crippen molar-refractivity contribution in [3.63, 3.8) is 0 Å². The molecule has 10 heteroatoms. The Hall–Kier alpha value is -2.61. The molecular weight excluding hydrogens is 441 g/mol. The molecule has 0 saturated carbocycles. The molecule has 0 fully saturated rings. The fourth-order valence-corrected chi connectivity index (χ4v) is 3.64. The third-order valence-electron chi connectivity index (χ3n) is 4.32. The summed E-state index contributed by atoms with van der Waals surface area (Å²) in [6.07, 6.45) is 1.00. The molecule has 29 heavy (non-hydrogen) atoms. The highest BCUT2D eigenvalue weighted by molar-refractivity contribution is 6.37. The number of hydrogen-bond acceptors (Lipinski definition) is 5. The third kappa shape index (κ3) is 4.07. The minimum atomic E-state index is -0.906. The van der Waals surface area contributed by atoms with Crippen LogP contribution in [0.15, 0.2) is 52.2 Å². The fraction of sp³-hybridized carbons (Fsp3) is 0.158. The molecule has 0 spiro atoms. The van der Waals surface area contributed by atoms with Gasteiger partial charge in [-0.25, -0.2) is 4.79 Å². The van der Waals surface area contributed by atoms with Crippen molar-refractivity contribution in [2.24, 2.45) is 7.05 Å². The second kappa shape index (κ2) is 8.41. The molecular formula is C19H14Cl3N3O4. The van der Waals surface area contributed by atoms with Gasteiger partial charge in [-0.2, -0.15) is 9.78 Å². The van der Waals surface area contributed by atoms with Gasteiger partial charge in [-0.1, -0.05) is 46.9 Å². The molecule has 7 nitrogen and oxygen atoms in total. The number of halogens is 3. The topological polar surface area (TPSA) is 83.2 Å². The normalized spacial score (nSPS) is 11.9. The summed E-state index contributed by atoms with van der Waals surface area (Å²) in [4.78, 5) is 36.4. The van der Waals surface area contributed by atoms with Gasteiger partial charge in [-0.15, -0.1) is 0 Å². The van der Waals surface area contributed by atoms with Crippen LogP contribution in [0.4, 0.5) is 0 Å². The molecule has 1 aromatic heterocycles. The van der Waals surface area contributed by atoms with Gasteiger partial charge in [0, 0.05) is 27.7 Å². The van der Waals surface area contributed by atoms with Crippen molar-refractivity contribution in [1.82, 2.24) is 14.3 Å². The van der Waals surface area contributed by atoms with Crippen LogP contribution in [0, 0.1) is 0 Å². The zero-order chi connectivity index (χ0) is 21.3. The molecule has 0 amide bonds. The Bertz CT molecular complexity index is 1180. The monoisotopic (exact) mass is 453 g/mol. The zero-order valence-electron chi connectivity index (χ0n) is 15.2. The maximum atomic E-state index is 12.5. The lowest BCUT2D eigenvalue weighted by Gasteiger charge is -2.19. The van der Waals surface area contributed by atoms with E-state index in [0.29, 0.717) is 16.1 Å². The third-order valence-corrected chi connectivity index (χ3v) is 5.20. The van der Waals surface area contributed by atoms with Crippen molar-refractivity contribution in [2.45, 2.75) is 5.92 Å². The number of benzene rings is 2. The maximum Gasteiger partial charge on any atom is 0.351 e. The van der Waals surface area contributed by atoms with E-state index in [2.05, 4.69) is 5.10 Å². The Labute approximate surface area is 180 Å². The first-order valence-electron chi connectivity index (χ1n) is 8.22. The summed E-state index contributed by atoms with van der Waals surface area (Å²) >= 11 is 18.8. The minimum Gasteiger partial charge on any atom is -0.468 e. The maximum absolute atomic E-state index is 12.5. The smallest absolute Gasteiger partial charge is 0.351 e. The van der Waals surface area contributed by atoms with Crippen LogP contribution in [-0.2, 0) is 16.6 Å². The van der Waals surface area contributed by atoms with Crippen molar-refractivity contribution in [1.29, 1.82) is 0 Å². The number of ether oxygens (including phenoxy) is 1. The van der Waals surface area contributed by atoms with Gasteiger partial charge in [0.15, 0.2) is 0 Å². The second-order valence-corrected chi connectivity index (χ2v) is 7.32. The highest BCUT2D eigenvalue weighted by Gasteiger charge is 2.29. The van der Waals surface area contributed by atoms with Gasteiger partial charge in [0.25, 0.3) is 5.56 Å². The summed E-state index contributed by atoms with van der Waals surface area (Å²) in [5.74, 6) is -1.47. The molecule has 3 rings (SSSR count). The van der Waals surface area contributed by atoms with Crippen molar-refractivity contribution < 1.29 is 9.53 Å². The lowest BCUT2D eigenvalue weighted by molar-refractivity contribution is -0.141. The zero-order valence-corrected chi connectivity index (χ0v) is 17.5. The Morgan fingerprint density at radius 3 is 2.21 bits per heavy atom. The number of hydrogen-bond donors (Lipinski definition) is 0. The van der Waals surface area contributed by atoms with Crippen LogP contribution in [0.3, 0.4) is 0 Å². The second-order valence-electron chi connectivity index (χ2n) is 6.07. The first-order chi connectivity index (χ1) is 13.7. The number of nitrogens with zero attached hydrogens (tertiary/aromatic N) is 3. The van der Waals surface area contributed by atoms with E-state index in [0.717, 1.165) is 15.4 Å². The number of methoxy groups -OCH3 is 1. The molecule has 150 valence electrons. The summed E-state index contributed by atoms with van der Waals surface area (Å²) in [5.41, 5.74) is -0.0865. The van der Waals surface area contributed by atoms with Crippen LogP contribution < -0.4 is 11.2 Å². The Morgan fingerprint density at radius 2 is 1.66 bits per heavy atom. The van der Waals surface area contributed by atoms with E-state index in [4.69, 9.17) is 39.5 Å². The average molecular weight is 455 g/mol. The van der Waals surface area contributed by atoms with Gasteiger partial charge >= 0.3 is 11.7 Å². The van der Waals surface area contributed by atoms with Gasteiger partial charge in [0.05, 0.1) is 12.8 Å². The minimum absolute atomic E-state index is 0.125. The molecule has 0 bridgehead atoms. The number of aromatic nitrogens is 3. The fourth-order valence-electron chi connectivity index (χ4n) is 2.82. The van der Waals surface area contributed by atoms with Crippen molar-refractivity contribution >= 4 is 40.8 Å². The Morgan fingerprint density at radius 1 is 1.07 bits per heavy atom. The molecule has 0 aliphatic rings. The number of esters is 1. The van der Waals surface area contributed by atoms with Crippen LogP contribution >= 0.6 is 34.8 Å². The van der Waals surface area contributed by atoms with Gasteiger partial charge in [0.2, 0.25) is 0 Å². The van der Waals surface area contributed by atoms with E-state index in [1.165, 1.54) is 26.3 Å². The first kappa shape index (κ1) is 21.1. The van der Waals surface area contributed by atoms with E-state index in [1.54, 1.807) is 24.3 Å². The van der Waals surface area contributed by atoms with Crippen LogP contribution in [-0.4, -0.2) is 27.4 Å². The molecule has 0 radical (unpaired) electrons. The summed E-state index contributed by atoms with van der Waals surface area (Å²) in [6.45, 7) is 0. The van der Waals surface area contributed by atoms with E-state index in [9.17, 15) is 14.4 Å². The van der Waals surface area contributed by atoms with Gasteiger partial charge in [-0.3, -0.25) is 14.2 Å². The van der Waals surface area contributed by atoms with E-state index < -0.39 is 23.1 Å². The molecule has 0 N–H and O–H groups in total. The highest BCUT2D eigenvalue weighted by Crippen LogP contribution is 2.38.